The third-order valence-electron chi connectivity index (χ3n) is 4.73. The summed E-state index contributed by atoms with van der Waals surface area (Å²) in [6.07, 6.45) is 1.42. The van der Waals surface area contributed by atoms with Crippen LogP contribution in [0.5, 0.6) is 11.5 Å². The Morgan fingerprint density at radius 2 is 1.69 bits per heavy atom. The van der Waals surface area contributed by atoms with Crippen molar-refractivity contribution in [3.63, 3.8) is 0 Å². The number of amides is 2. The standard InChI is InChI=1S/C25H25N3O4/c1-17-8-11-21(12-9-17)27-24(29)25(30)28-26-15-19-10-13-22(23(14-19)31-3)32-16-20-7-5-4-6-18(20)2/h4-15H,16H2,1-3H3,(H,27,29)(H,28,30)/b26-15+. The van der Waals surface area contributed by atoms with Crippen LogP contribution >= 0.6 is 0 Å². The van der Waals surface area contributed by atoms with Gasteiger partial charge in [0.05, 0.1) is 13.3 Å². The van der Waals surface area contributed by atoms with E-state index in [9.17, 15) is 9.59 Å². The molecule has 0 bridgehead atoms. The normalized spacial score (nSPS) is 10.6. The number of aryl methyl sites for hydroxylation is 2. The van der Waals surface area contributed by atoms with Crippen LogP contribution in [0.2, 0.25) is 0 Å². The zero-order valence-corrected chi connectivity index (χ0v) is 18.2. The van der Waals surface area contributed by atoms with Crippen molar-refractivity contribution >= 4 is 23.7 Å². The third kappa shape index (κ3) is 6.18. The molecule has 3 rings (SSSR count). The summed E-state index contributed by atoms with van der Waals surface area (Å²) in [6.45, 7) is 4.39. The molecule has 0 saturated carbocycles. The Kier molecular flexibility index (Phi) is 7.59. The summed E-state index contributed by atoms with van der Waals surface area (Å²) >= 11 is 0. The average molecular weight is 431 g/mol. The summed E-state index contributed by atoms with van der Waals surface area (Å²) in [7, 11) is 1.55. The van der Waals surface area contributed by atoms with Crippen LogP contribution in [-0.2, 0) is 16.2 Å². The van der Waals surface area contributed by atoms with Crippen molar-refractivity contribution < 1.29 is 19.1 Å². The smallest absolute Gasteiger partial charge is 0.329 e. The van der Waals surface area contributed by atoms with Crippen LogP contribution in [0, 0.1) is 13.8 Å². The molecule has 0 aliphatic heterocycles. The van der Waals surface area contributed by atoms with Crippen molar-refractivity contribution in [1.29, 1.82) is 0 Å². The van der Waals surface area contributed by atoms with Crippen molar-refractivity contribution in [3.8, 4) is 11.5 Å². The monoisotopic (exact) mass is 431 g/mol. The highest BCUT2D eigenvalue weighted by molar-refractivity contribution is 6.39. The second-order valence-electron chi connectivity index (χ2n) is 7.14. The number of carbonyl (C=O) groups excluding carboxylic acids is 2. The Labute approximate surface area is 187 Å². The van der Waals surface area contributed by atoms with Crippen LogP contribution in [0.15, 0.2) is 71.8 Å². The minimum Gasteiger partial charge on any atom is -0.493 e. The number of nitrogens with zero attached hydrogens (tertiary/aromatic N) is 1. The van der Waals surface area contributed by atoms with E-state index in [1.807, 2.05) is 50.2 Å². The fourth-order valence-electron chi connectivity index (χ4n) is 2.85. The summed E-state index contributed by atoms with van der Waals surface area (Å²) < 4.78 is 11.3. The number of rotatable bonds is 7. The van der Waals surface area contributed by atoms with Gasteiger partial charge in [0.2, 0.25) is 0 Å². The predicted molar refractivity (Wildman–Crippen MR) is 124 cm³/mol. The van der Waals surface area contributed by atoms with Gasteiger partial charge in [0.25, 0.3) is 0 Å². The lowest BCUT2D eigenvalue weighted by Gasteiger charge is -2.12. The Hall–Kier alpha value is -4.13. The van der Waals surface area contributed by atoms with Gasteiger partial charge in [-0.15, -0.1) is 0 Å². The van der Waals surface area contributed by atoms with Gasteiger partial charge in [0.1, 0.15) is 6.61 Å². The first-order valence-electron chi connectivity index (χ1n) is 10.0. The molecule has 164 valence electrons. The lowest BCUT2D eigenvalue weighted by Crippen LogP contribution is -2.32. The van der Waals surface area contributed by atoms with E-state index in [4.69, 9.17) is 9.47 Å². The molecule has 0 aromatic heterocycles. The fourth-order valence-corrected chi connectivity index (χ4v) is 2.85. The molecule has 7 heteroatoms. The highest BCUT2D eigenvalue weighted by atomic mass is 16.5. The number of carbonyl (C=O) groups is 2. The fraction of sp³-hybridized carbons (Fsp3) is 0.160. The van der Waals surface area contributed by atoms with E-state index in [-0.39, 0.29) is 0 Å². The maximum Gasteiger partial charge on any atom is 0.329 e. The van der Waals surface area contributed by atoms with Crippen LogP contribution in [-0.4, -0.2) is 25.1 Å². The summed E-state index contributed by atoms with van der Waals surface area (Å²) in [5.74, 6) is -0.545. The molecular formula is C25H25N3O4. The van der Waals surface area contributed by atoms with Gasteiger partial charge in [-0.05, 0) is 60.9 Å². The van der Waals surface area contributed by atoms with E-state index in [1.54, 1.807) is 37.4 Å². The first-order chi connectivity index (χ1) is 15.5. The van der Waals surface area contributed by atoms with Crippen molar-refractivity contribution in [2.24, 2.45) is 5.10 Å². The van der Waals surface area contributed by atoms with Gasteiger partial charge in [-0.2, -0.15) is 5.10 Å². The van der Waals surface area contributed by atoms with E-state index in [0.717, 1.165) is 16.7 Å². The molecule has 0 spiro atoms. The molecule has 0 radical (unpaired) electrons. The summed E-state index contributed by atoms with van der Waals surface area (Å²) in [4.78, 5) is 23.9. The van der Waals surface area contributed by atoms with Crippen LogP contribution < -0.4 is 20.2 Å². The molecule has 7 nitrogen and oxygen atoms in total. The van der Waals surface area contributed by atoms with Crippen LogP contribution in [0.3, 0.4) is 0 Å². The largest absolute Gasteiger partial charge is 0.493 e. The molecule has 0 aliphatic carbocycles. The number of hydrogen-bond acceptors (Lipinski definition) is 5. The highest BCUT2D eigenvalue weighted by Gasteiger charge is 2.13. The second-order valence-corrected chi connectivity index (χ2v) is 7.14. The van der Waals surface area contributed by atoms with Crippen LogP contribution in [0.4, 0.5) is 5.69 Å². The number of methoxy groups -OCH3 is 1. The molecule has 0 aliphatic rings. The van der Waals surface area contributed by atoms with E-state index >= 15 is 0 Å². The number of ether oxygens (including phenoxy) is 2. The average Bonchev–Trinajstić information content (AvgIpc) is 2.80. The number of hydrogen-bond donors (Lipinski definition) is 2. The topological polar surface area (TPSA) is 89.0 Å². The zero-order chi connectivity index (χ0) is 22.9. The Morgan fingerprint density at radius 1 is 0.938 bits per heavy atom. The van der Waals surface area contributed by atoms with Gasteiger partial charge in [-0.25, -0.2) is 5.43 Å². The number of nitrogens with one attached hydrogen (secondary N) is 2. The SMILES string of the molecule is COc1cc(/C=N/NC(=O)C(=O)Nc2ccc(C)cc2)ccc1OCc1ccccc1C. The first-order valence-corrected chi connectivity index (χ1v) is 10.0. The van der Waals surface area contributed by atoms with Crippen molar-refractivity contribution in [1.82, 2.24) is 5.43 Å². The van der Waals surface area contributed by atoms with Gasteiger partial charge in [0, 0.05) is 5.69 Å². The number of hydrazone groups is 1. The zero-order valence-electron chi connectivity index (χ0n) is 18.2. The van der Waals surface area contributed by atoms with E-state index < -0.39 is 11.8 Å². The summed E-state index contributed by atoms with van der Waals surface area (Å²) in [5, 5.41) is 6.36. The van der Waals surface area contributed by atoms with Crippen molar-refractivity contribution in [2.75, 3.05) is 12.4 Å². The Bertz CT molecular complexity index is 1120. The maximum atomic E-state index is 12.0. The quantitative estimate of drug-likeness (QED) is 0.336. The third-order valence-corrected chi connectivity index (χ3v) is 4.73. The molecule has 0 heterocycles. The van der Waals surface area contributed by atoms with Crippen LogP contribution in [0.1, 0.15) is 22.3 Å². The van der Waals surface area contributed by atoms with E-state index in [0.29, 0.717) is 29.4 Å². The molecule has 0 saturated heterocycles. The minimum atomic E-state index is -0.869. The Balaban J connectivity index is 1.57. The lowest BCUT2D eigenvalue weighted by atomic mass is 10.1. The second kappa shape index (κ2) is 10.8. The van der Waals surface area contributed by atoms with Crippen LogP contribution in [0.25, 0.3) is 0 Å². The van der Waals surface area contributed by atoms with Gasteiger partial charge in [-0.3, -0.25) is 9.59 Å². The molecule has 2 amide bonds. The molecule has 32 heavy (non-hydrogen) atoms. The van der Waals surface area contributed by atoms with Gasteiger partial charge >= 0.3 is 11.8 Å². The summed E-state index contributed by atoms with van der Waals surface area (Å²) in [5.41, 5.74) is 6.71. The maximum absolute atomic E-state index is 12.0. The van der Waals surface area contributed by atoms with E-state index in [2.05, 4.69) is 15.8 Å². The molecular weight excluding hydrogens is 406 g/mol. The van der Waals surface area contributed by atoms with E-state index in [1.165, 1.54) is 6.21 Å². The molecule has 0 fully saturated rings. The van der Waals surface area contributed by atoms with Gasteiger partial charge in [0.15, 0.2) is 11.5 Å². The Morgan fingerprint density at radius 3 is 2.41 bits per heavy atom. The lowest BCUT2D eigenvalue weighted by molar-refractivity contribution is -0.136. The molecule has 0 unspecified atom stereocenters. The summed E-state index contributed by atoms with van der Waals surface area (Å²) in [6, 6.07) is 20.4. The molecule has 2 N–H and O–H groups in total. The molecule has 3 aromatic carbocycles. The first kappa shape index (κ1) is 22.6. The number of anilines is 1. The predicted octanol–water partition coefficient (Wildman–Crippen LogP) is 3.98. The van der Waals surface area contributed by atoms with Gasteiger partial charge < -0.3 is 14.8 Å². The molecule has 3 aromatic rings. The number of benzene rings is 3. The van der Waals surface area contributed by atoms with Crippen molar-refractivity contribution in [2.45, 2.75) is 20.5 Å². The van der Waals surface area contributed by atoms with Crippen molar-refractivity contribution in [3.05, 3.63) is 89.0 Å². The highest BCUT2D eigenvalue weighted by Crippen LogP contribution is 2.28. The van der Waals surface area contributed by atoms with Gasteiger partial charge in [-0.1, -0.05) is 42.0 Å². The molecule has 0 atom stereocenters. The minimum absolute atomic E-state index is 0.419.